The van der Waals surface area contributed by atoms with Crippen molar-refractivity contribution in [2.45, 2.75) is 78.0 Å². The van der Waals surface area contributed by atoms with Crippen molar-refractivity contribution in [3.05, 3.63) is 0 Å². The van der Waals surface area contributed by atoms with E-state index in [1.165, 1.54) is 45.2 Å². The van der Waals surface area contributed by atoms with Gasteiger partial charge in [-0.15, -0.1) is 0 Å². The Kier molecular flexibility index (Phi) is 5.88. The lowest BCUT2D eigenvalue weighted by molar-refractivity contribution is 0.0246. The van der Waals surface area contributed by atoms with E-state index in [2.05, 4.69) is 37.9 Å². The van der Waals surface area contributed by atoms with Crippen LogP contribution in [-0.4, -0.2) is 49.3 Å². The van der Waals surface area contributed by atoms with Crippen LogP contribution in [0.4, 0.5) is 0 Å². The highest BCUT2D eigenvalue weighted by Crippen LogP contribution is 2.37. The van der Waals surface area contributed by atoms with Crippen LogP contribution in [0.15, 0.2) is 0 Å². The molecule has 3 nitrogen and oxygen atoms in total. The van der Waals surface area contributed by atoms with Gasteiger partial charge in [0, 0.05) is 25.7 Å². The van der Waals surface area contributed by atoms with Crippen molar-refractivity contribution in [2.75, 3.05) is 26.2 Å². The van der Waals surface area contributed by atoms with Gasteiger partial charge in [0.2, 0.25) is 0 Å². The van der Waals surface area contributed by atoms with Gasteiger partial charge in [0.25, 0.3) is 0 Å². The molecule has 0 aliphatic carbocycles. The number of hydrogen-bond acceptors (Lipinski definition) is 3. The van der Waals surface area contributed by atoms with E-state index in [9.17, 15) is 0 Å². The second-order valence-corrected chi connectivity index (χ2v) is 7.21. The van der Waals surface area contributed by atoms with Crippen LogP contribution >= 0.6 is 0 Å². The second kappa shape index (κ2) is 7.24. The molecule has 0 aromatic carbocycles. The quantitative estimate of drug-likeness (QED) is 0.777. The maximum absolute atomic E-state index is 6.21. The average molecular weight is 282 g/mol. The fourth-order valence-corrected chi connectivity index (χ4v) is 3.73. The number of rotatable bonds is 7. The molecule has 2 heterocycles. The Morgan fingerprint density at radius 2 is 1.90 bits per heavy atom. The summed E-state index contributed by atoms with van der Waals surface area (Å²) in [7, 11) is 0. The smallest absolute Gasteiger partial charge is 0.0707 e. The number of nitrogens with zero attached hydrogens (tertiary/aromatic N) is 1. The Bertz CT molecular complexity index is 289. The average Bonchev–Trinajstić information content (AvgIpc) is 3.04. The van der Waals surface area contributed by atoms with Crippen molar-refractivity contribution in [1.29, 1.82) is 0 Å². The highest BCUT2D eigenvalue weighted by molar-refractivity contribution is 4.89. The number of ether oxygens (including phenoxy) is 1. The zero-order valence-corrected chi connectivity index (χ0v) is 14.0. The summed E-state index contributed by atoms with van der Waals surface area (Å²) in [4.78, 5) is 2.65. The molecule has 2 fully saturated rings. The lowest BCUT2D eigenvalue weighted by Gasteiger charge is -2.27. The molecule has 1 N–H and O–H groups in total. The molecule has 0 amide bonds. The van der Waals surface area contributed by atoms with Crippen molar-refractivity contribution < 1.29 is 4.74 Å². The van der Waals surface area contributed by atoms with Crippen LogP contribution in [0.5, 0.6) is 0 Å². The van der Waals surface area contributed by atoms with Gasteiger partial charge in [0.05, 0.1) is 12.2 Å². The molecule has 0 aromatic heterocycles. The monoisotopic (exact) mass is 282 g/mol. The van der Waals surface area contributed by atoms with E-state index in [1.807, 2.05) is 0 Å². The molecule has 0 radical (unpaired) electrons. The maximum atomic E-state index is 6.21. The molecular formula is C17H34N2O. The van der Waals surface area contributed by atoms with Gasteiger partial charge in [-0.3, -0.25) is 0 Å². The fraction of sp³-hybridized carbons (Fsp3) is 1.00. The first-order chi connectivity index (χ1) is 9.57. The van der Waals surface area contributed by atoms with E-state index >= 15 is 0 Å². The van der Waals surface area contributed by atoms with Crippen LogP contribution in [-0.2, 0) is 4.74 Å². The van der Waals surface area contributed by atoms with Crippen molar-refractivity contribution in [3.8, 4) is 0 Å². The van der Waals surface area contributed by atoms with Crippen molar-refractivity contribution in [3.63, 3.8) is 0 Å². The summed E-state index contributed by atoms with van der Waals surface area (Å²) in [6.07, 6.45) is 7.41. The molecule has 118 valence electrons. The van der Waals surface area contributed by atoms with Gasteiger partial charge < -0.3 is 15.0 Å². The van der Waals surface area contributed by atoms with E-state index in [1.54, 1.807) is 0 Å². The topological polar surface area (TPSA) is 24.5 Å². The molecule has 20 heavy (non-hydrogen) atoms. The Hall–Kier alpha value is -0.120. The van der Waals surface area contributed by atoms with Gasteiger partial charge in [0.1, 0.15) is 0 Å². The van der Waals surface area contributed by atoms with Crippen LogP contribution in [0.25, 0.3) is 0 Å². The van der Waals surface area contributed by atoms with Gasteiger partial charge in [-0.1, -0.05) is 27.7 Å². The van der Waals surface area contributed by atoms with Gasteiger partial charge in [-0.25, -0.2) is 0 Å². The molecule has 2 aliphatic heterocycles. The van der Waals surface area contributed by atoms with Crippen LogP contribution < -0.4 is 5.32 Å². The minimum Gasteiger partial charge on any atom is -0.372 e. The normalized spacial score (nSPS) is 30.4. The lowest BCUT2D eigenvalue weighted by Crippen LogP contribution is -2.35. The largest absolute Gasteiger partial charge is 0.372 e. The molecule has 2 rings (SSSR count). The summed E-state index contributed by atoms with van der Waals surface area (Å²) in [5, 5.41) is 3.49. The van der Waals surface area contributed by atoms with E-state index in [0.29, 0.717) is 23.7 Å². The lowest BCUT2D eigenvalue weighted by atomic mass is 9.82. The van der Waals surface area contributed by atoms with Crippen LogP contribution in [0.3, 0.4) is 0 Å². The van der Waals surface area contributed by atoms with E-state index < -0.39 is 0 Å². The summed E-state index contributed by atoms with van der Waals surface area (Å²) in [6.45, 7) is 13.8. The third kappa shape index (κ3) is 4.19. The molecule has 2 saturated heterocycles. The second-order valence-electron chi connectivity index (χ2n) is 7.21. The van der Waals surface area contributed by atoms with Crippen LogP contribution in [0.2, 0.25) is 0 Å². The fourth-order valence-electron chi connectivity index (χ4n) is 3.73. The van der Waals surface area contributed by atoms with Crippen molar-refractivity contribution in [2.24, 2.45) is 5.41 Å². The summed E-state index contributed by atoms with van der Waals surface area (Å²) in [5.41, 5.74) is 0.594. The third-order valence-corrected chi connectivity index (χ3v) is 5.43. The van der Waals surface area contributed by atoms with E-state index in [-0.39, 0.29) is 0 Å². The Morgan fingerprint density at radius 1 is 1.20 bits per heavy atom. The highest BCUT2D eigenvalue weighted by Gasteiger charge is 2.36. The Labute approximate surface area is 125 Å². The summed E-state index contributed by atoms with van der Waals surface area (Å²) in [6, 6.07) is 0.561. The first-order valence-electron chi connectivity index (χ1n) is 8.68. The number of nitrogens with one attached hydrogen (secondary N) is 1. The van der Waals surface area contributed by atoms with Crippen LogP contribution in [0.1, 0.15) is 59.8 Å². The number of hydrogen-bond donors (Lipinski definition) is 1. The minimum atomic E-state index is 0.437. The van der Waals surface area contributed by atoms with Gasteiger partial charge in [-0.2, -0.15) is 0 Å². The molecule has 3 heteroatoms. The van der Waals surface area contributed by atoms with E-state index in [0.717, 1.165) is 13.1 Å². The molecular weight excluding hydrogens is 248 g/mol. The minimum absolute atomic E-state index is 0.437. The molecule has 0 spiro atoms. The summed E-state index contributed by atoms with van der Waals surface area (Å²) < 4.78 is 6.21. The van der Waals surface area contributed by atoms with Gasteiger partial charge in [-0.05, 0) is 44.1 Å². The zero-order valence-electron chi connectivity index (χ0n) is 14.0. The Balaban J connectivity index is 1.71. The van der Waals surface area contributed by atoms with Gasteiger partial charge in [0.15, 0.2) is 0 Å². The first-order valence-corrected chi connectivity index (χ1v) is 8.68. The summed E-state index contributed by atoms with van der Waals surface area (Å²) in [5.74, 6) is 0. The predicted molar refractivity (Wildman–Crippen MR) is 85.1 cm³/mol. The van der Waals surface area contributed by atoms with Crippen molar-refractivity contribution in [1.82, 2.24) is 10.2 Å². The number of likely N-dealkylation sites (tertiary alicyclic amines) is 1. The first kappa shape index (κ1) is 16.3. The predicted octanol–water partition coefficient (Wildman–Crippen LogP) is 3.04. The molecule has 2 unspecified atom stereocenters. The molecule has 2 atom stereocenters. The van der Waals surface area contributed by atoms with Crippen LogP contribution in [0, 0.1) is 5.41 Å². The molecule has 0 aromatic rings. The van der Waals surface area contributed by atoms with Gasteiger partial charge >= 0.3 is 0 Å². The standard InChI is InChI=1S/C17H34N2O/c1-5-17(6-2)9-10-19(13-17)12-16-8-7-15(20-16)11-18-14(3)4/h14-16,18H,5-13H2,1-4H3. The maximum Gasteiger partial charge on any atom is 0.0707 e. The zero-order chi connectivity index (χ0) is 14.6. The molecule has 0 bridgehead atoms. The summed E-state index contributed by atoms with van der Waals surface area (Å²) >= 11 is 0. The molecule has 0 saturated carbocycles. The molecule has 2 aliphatic rings. The third-order valence-electron chi connectivity index (χ3n) is 5.43. The highest BCUT2D eigenvalue weighted by atomic mass is 16.5. The van der Waals surface area contributed by atoms with E-state index in [4.69, 9.17) is 4.74 Å². The Morgan fingerprint density at radius 3 is 2.50 bits per heavy atom. The SMILES string of the molecule is CCC1(CC)CCN(CC2CCC(CNC(C)C)O2)C1. The van der Waals surface area contributed by atoms with Crippen molar-refractivity contribution >= 4 is 0 Å².